The van der Waals surface area contributed by atoms with Crippen molar-refractivity contribution in [1.29, 1.82) is 0 Å². The first-order valence-corrected chi connectivity index (χ1v) is 8.58. The molecule has 2 aromatic rings. The van der Waals surface area contributed by atoms with Gasteiger partial charge in [0.1, 0.15) is 12.7 Å². The lowest BCUT2D eigenvalue weighted by atomic mass is 10.3. The van der Waals surface area contributed by atoms with E-state index in [0.29, 0.717) is 0 Å². The third-order valence-corrected chi connectivity index (χ3v) is 4.28. The largest absolute Gasteiger partial charge is 0.357 e. The van der Waals surface area contributed by atoms with Crippen LogP contribution in [0.3, 0.4) is 0 Å². The van der Waals surface area contributed by atoms with Gasteiger partial charge < -0.3 is 15.2 Å². The number of thiophene rings is 1. The molecule has 0 amide bonds. The third-order valence-electron chi connectivity index (χ3n) is 3.23. The van der Waals surface area contributed by atoms with Crippen LogP contribution in [0.4, 0.5) is 0 Å². The molecule has 0 fully saturated rings. The smallest absolute Gasteiger partial charge is 0.191 e. The maximum absolute atomic E-state index is 4.64. The lowest BCUT2D eigenvalue weighted by Gasteiger charge is -2.16. The van der Waals surface area contributed by atoms with Crippen molar-refractivity contribution in [3.8, 4) is 0 Å². The van der Waals surface area contributed by atoms with Gasteiger partial charge >= 0.3 is 0 Å². The molecule has 22 heavy (non-hydrogen) atoms. The summed E-state index contributed by atoms with van der Waals surface area (Å²) in [5, 5.41) is 16.4. The number of guanidine groups is 1. The number of rotatable bonds is 8. The molecule has 1 unspecified atom stereocenters. The molecule has 2 heterocycles. The van der Waals surface area contributed by atoms with Crippen LogP contribution in [-0.4, -0.2) is 33.8 Å². The Morgan fingerprint density at radius 2 is 2.18 bits per heavy atom. The van der Waals surface area contributed by atoms with Crippen LogP contribution in [0, 0.1) is 0 Å². The summed E-state index contributed by atoms with van der Waals surface area (Å²) in [6.07, 6.45) is 5.61. The van der Waals surface area contributed by atoms with Crippen LogP contribution in [0.25, 0.3) is 0 Å². The molecule has 0 bridgehead atoms. The molecule has 2 aromatic heterocycles. The predicted molar refractivity (Wildman–Crippen MR) is 91.1 cm³/mol. The van der Waals surface area contributed by atoms with Crippen molar-refractivity contribution in [2.45, 2.75) is 39.3 Å². The zero-order chi connectivity index (χ0) is 15.6. The minimum atomic E-state index is 0.273. The topological polar surface area (TPSA) is 67.1 Å². The van der Waals surface area contributed by atoms with Gasteiger partial charge in [-0.15, -0.1) is 21.5 Å². The van der Waals surface area contributed by atoms with Crippen LogP contribution >= 0.6 is 11.3 Å². The number of hydrogen-bond donors (Lipinski definition) is 2. The molecule has 0 aliphatic rings. The number of hydrogen-bond acceptors (Lipinski definition) is 4. The molecule has 120 valence electrons. The van der Waals surface area contributed by atoms with Crippen molar-refractivity contribution in [3.63, 3.8) is 0 Å². The highest BCUT2D eigenvalue weighted by molar-refractivity contribution is 7.10. The fourth-order valence-corrected chi connectivity index (χ4v) is 2.80. The van der Waals surface area contributed by atoms with E-state index in [9.17, 15) is 0 Å². The van der Waals surface area contributed by atoms with E-state index in [1.54, 1.807) is 24.0 Å². The minimum Gasteiger partial charge on any atom is -0.357 e. The zero-order valence-corrected chi connectivity index (χ0v) is 14.0. The number of aromatic nitrogens is 3. The predicted octanol–water partition coefficient (Wildman–Crippen LogP) is 2.44. The normalized spacial score (nSPS) is 13.1. The highest BCUT2D eigenvalue weighted by Crippen LogP contribution is 2.17. The summed E-state index contributed by atoms with van der Waals surface area (Å²) >= 11 is 1.76. The quantitative estimate of drug-likeness (QED) is 0.445. The van der Waals surface area contributed by atoms with E-state index in [2.05, 4.69) is 57.2 Å². The maximum Gasteiger partial charge on any atom is 0.191 e. The van der Waals surface area contributed by atoms with Crippen LogP contribution in [0.2, 0.25) is 0 Å². The Morgan fingerprint density at radius 1 is 1.36 bits per heavy atom. The van der Waals surface area contributed by atoms with E-state index in [1.807, 2.05) is 4.57 Å². The highest BCUT2D eigenvalue weighted by Gasteiger charge is 2.07. The number of aliphatic imine (C=N–C) groups is 1. The summed E-state index contributed by atoms with van der Waals surface area (Å²) < 4.78 is 1.99. The summed E-state index contributed by atoms with van der Waals surface area (Å²) in [5.41, 5.74) is 0. The zero-order valence-electron chi connectivity index (χ0n) is 13.2. The standard InChI is InChI=1S/C15H24N6S/c1-3-16-15(20-13(2)14-7-6-10-22-14)17-8-4-5-9-21-11-18-19-12-21/h6-7,10-13H,3-5,8-9H2,1-2H3,(H2,16,17,20). The summed E-state index contributed by atoms with van der Waals surface area (Å²) in [5.74, 6) is 0.882. The highest BCUT2D eigenvalue weighted by atomic mass is 32.1. The Balaban J connectivity index is 1.74. The van der Waals surface area contributed by atoms with Crippen LogP contribution in [0.15, 0.2) is 35.2 Å². The summed E-state index contributed by atoms with van der Waals surface area (Å²) in [6.45, 7) is 6.86. The van der Waals surface area contributed by atoms with Crippen LogP contribution < -0.4 is 10.6 Å². The second kappa shape index (κ2) is 9.19. The van der Waals surface area contributed by atoms with Crippen molar-refractivity contribution in [2.75, 3.05) is 13.1 Å². The minimum absolute atomic E-state index is 0.273. The Kier molecular flexibility index (Phi) is 6.89. The van der Waals surface area contributed by atoms with Gasteiger partial charge in [-0.3, -0.25) is 4.99 Å². The average molecular weight is 320 g/mol. The van der Waals surface area contributed by atoms with E-state index in [4.69, 9.17) is 0 Å². The van der Waals surface area contributed by atoms with Gasteiger partial charge in [0.25, 0.3) is 0 Å². The van der Waals surface area contributed by atoms with Gasteiger partial charge in [-0.2, -0.15) is 0 Å². The molecule has 0 aliphatic carbocycles. The third kappa shape index (κ3) is 5.48. The van der Waals surface area contributed by atoms with Crippen molar-refractivity contribution < 1.29 is 0 Å². The fourth-order valence-electron chi connectivity index (χ4n) is 2.07. The van der Waals surface area contributed by atoms with Crippen molar-refractivity contribution in [2.24, 2.45) is 4.99 Å². The van der Waals surface area contributed by atoms with E-state index in [0.717, 1.165) is 38.4 Å². The van der Waals surface area contributed by atoms with Crippen LogP contribution in [0.5, 0.6) is 0 Å². The number of nitrogens with zero attached hydrogens (tertiary/aromatic N) is 4. The fraction of sp³-hybridized carbons (Fsp3) is 0.533. The molecule has 6 nitrogen and oxygen atoms in total. The Labute approximate surface area is 135 Å². The molecule has 0 aromatic carbocycles. The lowest BCUT2D eigenvalue weighted by molar-refractivity contribution is 0.610. The molecule has 0 saturated heterocycles. The second-order valence-electron chi connectivity index (χ2n) is 5.05. The average Bonchev–Trinajstić information content (AvgIpc) is 3.20. The van der Waals surface area contributed by atoms with Crippen molar-refractivity contribution in [3.05, 3.63) is 35.0 Å². The van der Waals surface area contributed by atoms with E-state index >= 15 is 0 Å². The van der Waals surface area contributed by atoms with E-state index in [-0.39, 0.29) is 6.04 Å². The first-order valence-electron chi connectivity index (χ1n) is 7.70. The molecular formula is C15H24N6S. The van der Waals surface area contributed by atoms with Crippen molar-refractivity contribution >= 4 is 17.3 Å². The number of nitrogens with one attached hydrogen (secondary N) is 2. The Bertz CT molecular complexity index is 534. The first-order chi connectivity index (χ1) is 10.8. The number of aryl methyl sites for hydroxylation is 1. The molecule has 7 heteroatoms. The maximum atomic E-state index is 4.64. The summed E-state index contributed by atoms with van der Waals surface area (Å²) in [7, 11) is 0. The van der Waals surface area contributed by atoms with E-state index in [1.165, 1.54) is 4.88 Å². The van der Waals surface area contributed by atoms with Gasteiger partial charge in [-0.25, -0.2) is 0 Å². The van der Waals surface area contributed by atoms with Gasteiger partial charge in [0.2, 0.25) is 0 Å². The molecule has 1 atom stereocenters. The van der Waals surface area contributed by atoms with Crippen molar-refractivity contribution in [1.82, 2.24) is 25.4 Å². The summed E-state index contributed by atoms with van der Waals surface area (Å²) in [6, 6.07) is 4.49. The van der Waals surface area contributed by atoms with Gasteiger partial charge in [0.05, 0.1) is 6.04 Å². The molecule has 0 radical (unpaired) electrons. The molecular weight excluding hydrogens is 296 g/mol. The molecule has 0 aliphatic heterocycles. The van der Waals surface area contributed by atoms with Gasteiger partial charge in [-0.05, 0) is 38.1 Å². The number of unbranched alkanes of at least 4 members (excludes halogenated alkanes) is 1. The second-order valence-corrected chi connectivity index (χ2v) is 6.03. The van der Waals surface area contributed by atoms with Crippen LogP contribution in [-0.2, 0) is 6.54 Å². The molecule has 2 N–H and O–H groups in total. The molecule has 0 spiro atoms. The van der Waals surface area contributed by atoms with Crippen LogP contribution in [0.1, 0.15) is 37.6 Å². The Morgan fingerprint density at radius 3 is 2.86 bits per heavy atom. The molecule has 0 saturated carbocycles. The van der Waals surface area contributed by atoms with Gasteiger partial charge in [0.15, 0.2) is 5.96 Å². The summed E-state index contributed by atoms with van der Waals surface area (Å²) in [4.78, 5) is 5.96. The first kappa shape index (κ1) is 16.5. The monoisotopic (exact) mass is 320 g/mol. The van der Waals surface area contributed by atoms with Gasteiger partial charge in [0, 0.05) is 24.5 Å². The van der Waals surface area contributed by atoms with Gasteiger partial charge in [-0.1, -0.05) is 6.07 Å². The Hall–Kier alpha value is -1.89. The lowest BCUT2D eigenvalue weighted by Crippen LogP contribution is -2.38. The molecule has 2 rings (SSSR count). The SMILES string of the molecule is CCNC(=NCCCCn1cnnc1)NC(C)c1cccs1. The van der Waals surface area contributed by atoms with E-state index < -0.39 is 0 Å².